The van der Waals surface area contributed by atoms with Crippen molar-refractivity contribution in [2.75, 3.05) is 18.4 Å². The fourth-order valence-electron chi connectivity index (χ4n) is 2.16. The Hall–Kier alpha value is -1.42. The van der Waals surface area contributed by atoms with Gasteiger partial charge >= 0.3 is 0 Å². The van der Waals surface area contributed by atoms with Crippen molar-refractivity contribution in [1.82, 2.24) is 9.88 Å². The van der Waals surface area contributed by atoms with Gasteiger partial charge < -0.3 is 4.90 Å². The first kappa shape index (κ1) is 14.0. The molecule has 0 N–H and O–H groups in total. The second kappa shape index (κ2) is 6.15. The fraction of sp³-hybridized carbons (Fsp3) is 0.333. The lowest BCUT2D eigenvalue weighted by atomic mass is 10.1. The van der Waals surface area contributed by atoms with Gasteiger partial charge in [-0.05, 0) is 26.0 Å². The molecule has 100 valence electrons. The highest BCUT2D eigenvalue weighted by molar-refractivity contribution is 9.09. The normalized spacial score (nSPS) is 10.7. The summed E-state index contributed by atoms with van der Waals surface area (Å²) in [6.07, 6.45) is 0. The number of aromatic nitrogens is 1. The third-order valence-corrected chi connectivity index (χ3v) is 3.45. The van der Waals surface area contributed by atoms with Gasteiger partial charge in [0.15, 0.2) is 0 Å². The first-order valence-electron chi connectivity index (χ1n) is 6.39. The van der Waals surface area contributed by atoms with E-state index in [9.17, 15) is 4.79 Å². The predicted molar refractivity (Wildman–Crippen MR) is 81.9 cm³/mol. The van der Waals surface area contributed by atoms with Crippen LogP contribution in [0.4, 0.5) is 0 Å². The molecular formula is C15H17BrN2O. The highest BCUT2D eigenvalue weighted by Crippen LogP contribution is 2.19. The third kappa shape index (κ3) is 2.95. The lowest BCUT2D eigenvalue weighted by molar-refractivity contribution is 0.0776. The Kier molecular flexibility index (Phi) is 4.53. The number of para-hydroxylation sites is 1. The topological polar surface area (TPSA) is 33.2 Å². The van der Waals surface area contributed by atoms with Crippen molar-refractivity contribution >= 4 is 32.7 Å². The Morgan fingerprint density at radius 2 is 2.11 bits per heavy atom. The lowest BCUT2D eigenvalue weighted by Crippen LogP contribution is -2.32. The molecule has 0 saturated carbocycles. The van der Waals surface area contributed by atoms with E-state index in [0.29, 0.717) is 13.1 Å². The van der Waals surface area contributed by atoms with Crippen LogP contribution in [0, 0.1) is 6.92 Å². The Labute approximate surface area is 121 Å². The van der Waals surface area contributed by atoms with Gasteiger partial charge in [-0.3, -0.25) is 9.78 Å². The highest BCUT2D eigenvalue weighted by atomic mass is 79.9. The smallest absolute Gasteiger partial charge is 0.254 e. The maximum absolute atomic E-state index is 12.6. The molecule has 0 fully saturated rings. The Balaban J connectivity index is 2.52. The van der Waals surface area contributed by atoms with E-state index in [1.165, 1.54) is 0 Å². The number of aryl methyl sites for hydroxylation is 1. The second-order valence-corrected chi connectivity index (χ2v) is 5.20. The third-order valence-electron chi connectivity index (χ3n) is 3.10. The number of carbonyl (C=O) groups is 1. The molecule has 4 heteroatoms. The lowest BCUT2D eigenvalue weighted by Gasteiger charge is -2.20. The largest absolute Gasteiger partial charge is 0.338 e. The van der Waals surface area contributed by atoms with Gasteiger partial charge in [0.1, 0.15) is 0 Å². The Morgan fingerprint density at radius 1 is 1.37 bits per heavy atom. The number of amides is 1. The molecule has 2 aromatic rings. The molecule has 0 unspecified atom stereocenters. The van der Waals surface area contributed by atoms with Crippen molar-refractivity contribution in [3.63, 3.8) is 0 Å². The van der Waals surface area contributed by atoms with Crippen molar-refractivity contribution in [1.29, 1.82) is 0 Å². The average molecular weight is 321 g/mol. The summed E-state index contributed by atoms with van der Waals surface area (Å²) in [7, 11) is 0. The minimum Gasteiger partial charge on any atom is -0.338 e. The van der Waals surface area contributed by atoms with Crippen LogP contribution in [0.1, 0.15) is 23.0 Å². The summed E-state index contributed by atoms with van der Waals surface area (Å²) in [6, 6.07) is 9.66. The molecule has 3 nitrogen and oxygen atoms in total. The molecule has 1 aromatic carbocycles. The van der Waals surface area contributed by atoms with Crippen LogP contribution in [0.2, 0.25) is 0 Å². The van der Waals surface area contributed by atoms with E-state index in [1.807, 2.05) is 49.1 Å². The van der Waals surface area contributed by atoms with E-state index in [4.69, 9.17) is 0 Å². The van der Waals surface area contributed by atoms with Crippen LogP contribution in [0.15, 0.2) is 30.3 Å². The van der Waals surface area contributed by atoms with Gasteiger partial charge in [0.25, 0.3) is 5.91 Å². The first-order chi connectivity index (χ1) is 9.17. The molecule has 0 aliphatic rings. The highest BCUT2D eigenvalue weighted by Gasteiger charge is 2.17. The number of rotatable bonds is 4. The van der Waals surface area contributed by atoms with E-state index in [2.05, 4.69) is 20.9 Å². The molecule has 0 atom stereocenters. The standard InChI is InChI=1S/C15H17BrN2O/c1-3-18(9-8-16)15(19)13-10-11(2)17-14-7-5-4-6-12(13)14/h4-7,10H,3,8-9H2,1-2H3. The molecule has 0 spiro atoms. The predicted octanol–water partition coefficient (Wildman–Crippen LogP) is 3.40. The quantitative estimate of drug-likeness (QED) is 0.809. The summed E-state index contributed by atoms with van der Waals surface area (Å²) in [5.41, 5.74) is 2.49. The minimum absolute atomic E-state index is 0.0728. The molecule has 0 bridgehead atoms. The second-order valence-electron chi connectivity index (χ2n) is 4.40. The number of nitrogens with zero attached hydrogens (tertiary/aromatic N) is 2. The zero-order chi connectivity index (χ0) is 13.8. The average Bonchev–Trinajstić information content (AvgIpc) is 2.43. The number of fused-ring (bicyclic) bond motifs is 1. The zero-order valence-electron chi connectivity index (χ0n) is 11.2. The number of benzene rings is 1. The summed E-state index contributed by atoms with van der Waals surface area (Å²) in [5, 5.41) is 1.71. The molecule has 2 rings (SSSR count). The number of hydrogen-bond acceptors (Lipinski definition) is 2. The van der Waals surface area contributed by atoms with Crippen molar-refractivity contribution < 1.29 is 4.79 Å². The van der Waals surface area contributed by atoms with Gasteiger partial charge in [0.05, 0.1) is 11.1 Å². The summed E-state index contributed by atoms with van der Waals surface area (Å²) >= 11 is 3.39. The fourth-order valence-corrected chi connectivity index (χ4v) is 2.59. The van der Waals surface area contributed by atoms with Crippen LogP contribution < -0.4 is 0 Å². The van der Waals surface area contributed by atoms with E-state index in [1.54, 1.807) is 0 Å². The molecule has 0 saturated heterocycles. The molecular weight excluding hydrogens is 304 g/mol. The maximum atomic E-state index is 12.6. The molecule has 1 aromatic heterocycles. The van der Waals surface area contributed by atoms with E-state index in [0.717, 1.165) is 27.5 Å². The summed E-state index contributed by atoms with van der Waals surface area (Å²) in [4.78, 5) is 18.9. The Morgan fingerprint density at radius 3 is 2.79 bits per heavy atom. The molecule has 0 radical (unpaired) electrons. The van der Waals surface area contributed by atoms with Gasteiger partial charge in [-0.15, -0.1) is 0 Å². The van der Waals surface area contributed by atoms with E-state index in [-0.39, 0.29) is 5.91 Å². The van der Waals surface area contributed by atoms with Gasteiger partial charge in [-0.2, -0.15) is 0 Å². The monoisotopic (exact) mass is 320 g/mol. The number of pyridine rings is 1. The number of halogens is 1. The number of hydrogen-bond donors (Lipinski definition) is 0. The van der Waals surface area contributed by atoms with E-state index < -0.39 is 0 Å². The Bertz CT molecular complexity index is 598. The van der Waals surface area contributed by atoms with Crippen molar-refractivity contribution in [2.45, 2.75) is 13.8 Å². The maximum Gasteiger partial charge on any atom is 0.254 e. The summed E-state index contributed by atoms with van der Waals surface area (Å²) in [6.45, 7) is 5.34. The molecule has 19 heavy (non-hydrogen) atoms. The van der Waals surface area contributed by atoms with Crippen LogP contribution >= 0.6 is 15.9 Å². The van der Waals surface area contributed by atoms with Crippen LogP contribution in [0.5, 0.6) is 0 Å². The summed E-state index contributed by atoms with van der Waals surface area (Å²) < 4.78 is 0. The van der Waals surface area contributed by atoms with Crippen LogP contribution in [0.25, 0.3) is 10.9 Å². The number of carbonyl (C=O) groups excluding carboxylic acids is 1. The minimum atomic E-state index is 0.0728. The van der Waals surface area contributed by atoms with Gasteiger partial charge in [-0.1, -0.05) is 34.1 Å². The number of alkyl halides is 1. The van der Waals surface area contributed by atoms with Crippen molar-refractivity contribution in [3.8, 4) is 0 Å². The zero-order valence-corrected chi connectivity index (χ0v) is 12.8. The van der Waals surface area contributed by atoms with Gasteiger partial charge in [-0.25, -0.2) is 0 Å². The van der Waals surface area contributed by atoms with Crippen LogP contribution in [0.3, 0.4) is 0 Å². The summed E-state index contributed by atoms with van der Waals surface area (Å²) in [5.74, 6) is 0.0728. The molecule has 0 aliphatic heterocycles. The first-order valence-corrected chi connectivity index (χ1v) is 7.51. The van der Waals surface area contributed by atoms with E-state index >= 15 is 0 Å². The SMILES string of the molecule is CCN(CCBr)C(=O)c1cc(C)nc2ccccc12. The van der Waals surface area contributed by atoms with Crippen LogP contribution in [-0.4, -0.2) is 34.2 Å². The van der Waals surface area contributed by atoms with Gasteiger partial charge in [0, 0.05) is 29.5 Å². The van der Waals surface area contributed by atoms with Crippen molar-refractivity contribution in [2.24, 2.45) is 0 Å². The molecule has 1 amide bonds. The van der Waals surface area contributed by atoms with Crippen molar-refractivity contribution in [3.05, 3.63) is 41.6 Å². The van der Waals surface area contributed by atoms with Gasteiger partial charge in [0.2, 0.25) is 0 Å². The molecule has 1 heterocycles. The molecule has 0 aliphatic carbocycles. The van der Waals surface area contributed by atoms with Crippen LogP contribution in [-0.2, 0) is 0 Å².